The number of aromatic amines is 1. The van der Waals surface area contributed by atoms with E-state index >= 15 is 0 Å². The highest BCUT2D eigenvalue weighted by molar-refractivity contribution is 5.48. The lowest BCUT2D eigenvalue weighted by Gasteiger charge is -2.13. The Balaban J connectivity index is 2.37. The molecule has 0 saturated carbocycles. The molecule has 0 aromatic carbocycles. The van der Waals surface area contributed by atoms with Crippen LogP contribution in [0.25, 0.3) is 11.5 Å². The number of aliphatic hydroxyl groups is 1. The number of fused-ring (bicyclic) bond motifs is 1. The topological polar surface area (TPSA) is 101 Å². The van der Waals surface area contributed by atoms with Gasteiger partial charge in [-0.15, -0.1) is 0 Å². The van der Waals surface area contributed by atoms with E-state index in [1.807, 2.05) is 0 Å². The smallest absolute Gasteiger partial charge is 0.349 e. The van der Waals surface area contributed by atoms with Gasteiger partial charge in [0.15, 0.2) is 11.5 Å². The fourth-order valence-corrected chi connectivity index (χ4v) is 1.97. The molecule has 0 aliphatic carbocycles. The summed E-state index contributed by atoms with van der Waals surface area (Å²) in [5.41, 5.74) is -0.294. The number of hydrogen-bond acceptors (Lipinski definition) is 5. The zero-order valence-electron chi connectivity index (χ0n) is 10.7. The average Bonchev–Trinajstić information content (AvgIpc) is 2.36. The number of nitrogens with one attached hydrogen (secondary N) is 1. The van der Waals surface area contributed by atoms with Gasteiger partial charge in [-0.05, 0) is 26.2 Å². The summed E-state index contributed by atoms with van der Waals surface area (Å²) in [5, 5.41) is 8.74. The predicted octanol–water partition coefficient (Wildman–Crippen LogP) is -0.0976. The van der Waals surface area contributed by atoms with Gasteiger partial charge in [0.05, 0.1) is 5.69 Å². The Bertz CT molecular complexity index is 646. The third-order valence-corrected chi connectivity index (χ3v) is 2.81. The van der Waals surface area contributed by atoms with Gasteiger partial charge in [0.1, 0.15) is 0 Å². The standard InChI is InChI=1S/C12H16N4O3/c1-8-7-16(5-3-2-4-6-17)10-9(13-8)11(18)15-12(19)14-10/h7,17H,2-6H2,1H3,(H,15,18,19). The van der Waals surface area contributed by atoms with Crippen molar-refractivity contribution in [2.24, 2.45) is 0 Å². The van der Waals surface area contributed by atoms with Gasteiger partial charge in [-0.2, -0.15) is 4.98 Å². The first-order chi connectivity index (χ1) is 9.11. The molecule has 0 bridgehead atoms. The van der Waals surface area contributed by atoms with Crippen LogP contribution in [-0.2, 0) is 6.54 Å². The van der Waals surface area contributed by atoms with E-state index in [1.165, 1.54) is 0 Å². The summed E-state index contributed by atoms with van der Waals surface area (Å²) in [6, 6.07) is 0. The molecule has 7 heteroatoms. The maximum absolute atomic E-state index is 11.7. The van der Waals surface area contributed by atoms with Crippen molar-refractivity contribution >= 4 is 0 Å². The highest BCUT2D eigenvalue weighted by Crippen LogP contribution is 2.13. The average molecular weight is 264 g/mol. The number of hydrogen-bond donors (Lipinski definition) is 2. The van der Waals surface area contributed by atoms with Crippen molar-refractivity contribution in [3.63, 3.8) is 0 Å². The largest absolute Gasteiger partial charge is 0.396 e. The van der Waals surface area contributed by atoms with E-state index in [2.05, 4.69) is 15.0 Å². The summed E-state index contributed by atoms with van der Waals surface area (Å²) in [6.45, 7) is 2.59. The summed E-state index contributed by atoms with van der Waals surface area (Å²) in [6.07, 6.45) is 4.22. The van der Waals surface area contributed by atoms with Gasteiger partial charge >= 0.3 is 5.69 Å². The SMILES string of the molecule is Cc1cn(CCCCCO)c2nc(=O)[nH]c(=O)c-2n1. The van der Waals surface area contributed by atoms with Crippen LogP contribution >= 0.6 is 0 Å². The third-order valence-electron chi connectivity index (χ3n) is 2.81. The second kappa shape index (κ2) is 5.75. The summed E-state index contributed by atoms with van der Waals surface area (Å²) in [5.74, 6) is 0.309. The minimum atomic E-state index is -0.660. The first kappa shape index (κ1) is 13.4. The maximum atomic E-state index is 11.7. The lowest BCUT2D eigenvalue weighted by molar-refractivity contribution is 0.282. The lowest BCUT2D eigenvalue weighted by Crippen LogP contribution is -2.29. The van der Waals surface area contributed by atoms with E-state index in [-0.39, 0.29) is 12.3 Å². The summed E-state index contributed by atoms with van der Waals surface area (Å²) in [7, 11) is 0. The third kappa shape index (κ3) is 3.05. The van der Waals surface area contributed by atoms with Crippen LogP contribution in [0.15, 0.2) is 15.8 Å². The van der Waals surface area contributed by atoms with Crippen LogP contribution in [0, 0.1) is 6.92 Å². The zero-order chi connectivity index (χ0) is 13.8. The maximum Gasteiger partial charge on any atom is 0.349 e. The molecule has 0 aromatic rings. The summed E-state index contributed by atoms with van der Waals surface area (Å²) in [4.78, 5) is 33.0. The number of nitrogens with zero attached hydrogens (tertiary/aromatic N) is 3. The Labute approximate surface area is 109 Å². The van der Waals surface area contributed by atoms with Crippen molar-refractivity contribution in [1.82, 2.24) is 19.5 Å². The highest BCUT2D eigenvalue weighted by atomic mass is 16.3. The molecule has 102 valence electrons. The van der Waals surface area contributed by atoms with Crippen LogP contribution < -0.4 is 11.2 Å². The zero-order valence-corrected chi connectivity index (χ0v) is 10.7. The van der Waals surface area contributed by atoms with E-state index in [0.717, 1.165) is 19.3 Å². The van der Waals surface area contributed by atoms with Crippen molar-refractivity contribution in [3.8, 4) is 11.5 Å². The summed E-state index contributed by atoms with van der Waals surface area (Å²) < 4.78 is 1.77. The Kier molecular flexibility index (Phi) is 4.06. The molecular weight excluding hydrogens is 248 g/mol. The van der Waals surface area contributed by atoms with Gasteiger partial charge in [0, 0.05) is 19.3 Å². The fourth-order valence-electron chi connectivity index (χ4n) is 1.97. The molecule has 0 radical (unpaired) electrons. The van der Waals surface area contributed by atoms with Gasteiger partial charge in [0.25, 0.3) is 5.56 Å². The van der Waals surface area contributed by atoms with E-state index in [9.17, 15) is 9.59 Å². The van der Waals surface area contributed by atoms with Crippen LogP contribution in [0.3, 0.4) is 0 Å². The van der Waals surface area contributed by atoms with Crippen molar-refractivity contribution in [3.05, 3.63) is 32.7 Å². The normalized spacial score (nSPS) is 11.1. The molecule has 0 fully saturated rings. The van der Waals surface area contributed by atoms with Crippen LogP contribution in [-0.4, -0.2) is 31.2 Å². The monoisotopic (exact) mass is 264 g/mol. The first-order valence-corrected chi connectivity index (χ1v) is 6.21. The van der Waals surface area contributed by atoms with Crippen molar-refractivity contribution in [2.75, 3.05) is 6.61 Å². The van der Waals surface area contributed by atoms with Gasteiger partial charge < -0.3 is 9.67 Å². The Hall–Kier alpha value is -2.02. The minimum Gasteiger partial charge on any atom is -0.396 e. The molecule has 0 atom stereocenters. The van der Waals surface area contributed by atoms with E-state index in [4.69, 9.17) is 5.11 Å². The first-order valence-electron chi connectivity index (χ1n) is 6.21. The quantitative estimate of drug-likeness (QED) is 0.734. The molecule has 0 aromatic heterocycles. The molecule has 0 unspecified atom stereocenters. The molecule has 2 aliphatic rings. The molecule has 0 amide bonds. The van der Waals surface area contributed by atoms with E-state index < -0.39 is 11.2 Å². The van der Waals surface area contributed by atoms with Gasteiger partial charge in [-0.3, -0.25) is 9.78 Å². The lowest BCUT2D eigenvalue weighted by atomic mass is 10.2. The van der Waals surface area contributed by atoms with Crippen LogP contribution in [0.5, 0.6) is 0 Å². The summed E-state index contributed by atoms with van der Waals surface area (Å²) >= 11 is 0. The Morgan fingerprint density at radius 2 is 2.05 bits per heavy atom. The number of H-pyrrole nitrogens is 1. The number of aromatic nitrogens is 4. The van der Waals surface area contributed by atoms with Crippen molar-refractivity contribution in [2.45, 2.75) is 32.7 Å². The molecule has 0 saturated heterocycles. The molecule has 2 heterocycles. The number of aliphatic hydroxyl groups excluding tert-OH is 1. The molecule has 19 heavy (non-hydrogen) atoms. The number of rotatable bonds is 5. The molecule has 2 N–H and O–H groups in total. The Morgan fingerprint density at radius 3 is 2.79 bits per heavy atom. The van der Waals surface area contributed by atoms with Gasteiger partial charge in [-0.1, -0.05) is 0 Å². The minimum absolute atomic E-state index is 0.170. The highest BCUT2D eigenvalue weighted by Gasteiger charge is 2.15. The molecule has 2 aliphatic heterocycles. The van der Waals surface area contributed by atoms with E-state index in [0.29, 0.717) is 18.1 Å². The molecule has 0 spiro atoms. The predicted molar refractivity (Wildman–Crippen MR) is 69.2 cm³/mol. The van der Waals surface area contributed by atoms with Crippen molar-refractivity contribution in [1.29, 1.82) is 0 Å². The second-order valence-electron chi connectivity index (χ2n) is 4.40. The van der Waals surface area contributed by atoms with Crippen LogP contribution in [0.1, 0.15) is 25.0 Å². The molecule has 7 nitrogen and oxygen atoms in total. The fraction of sp³-hybridized carbons (Fsp3) is 0.500. The molecule has 2 rings (SSSR count). The second-order valence-corrected chi connectivity index (χ2v) is 4.40. The number of unbranched alkanes of at least 4 members (excludes halogenated alkanes) is 2. The van der Waals surface area contributed by atoms with Crippen molar-refractivity contribution < 1.29 is 5.11 Å². The number of aryl methyl sites for hydroxylation is 2. The van der Waals surface area contributed by atoms with Gasteiger partial charge in [-0.25, -0.2) is 9.78 Å². The Morgan fingerprint density at radius 1 is 1.26 bits per heavy atom. The molecular formula is C12H16N4O3. The van der Waals surface area contributed by atoms with E-state index in [1.54, 1.807) is 17.7 Å². The van der Waals surface area contributed by atoms with Gasteiger partial charge in [0.2, 0.25) is 0 Å². The van der Waals surface area contributed by atoms with Crippen LogP contribution in [0.2, 0.25) is 0 Å². The van der Waals surface area contributed by atoms with Crippen LogP contribution in [0.4, 0.5) is 0 Å².